The van der Waals surface area contributed by atoms with Crippen LogP contribution >= 0.6 is 0 Å². The number of methoxy groups -OCH3 is 1. The van der Waals surface area contributed by atoms with Crippen molar-refractivity contribution in [3.8, 4) is 5.75 Å². The average Bonchev–Trinajstić information content (AvgIpc) is 2.27. The van der Waals surface area contributed by atoms with Crippen LogP contribution < -0.4 is 4.74 Å². The van der Waals surface area contributed by atoms with Gasteiger partial charge in [-0.15, -0.1) is 0 Å². The quantitative estimate of drug-likeness (QED) is 0.833. The average molecular weight is 248 g/mol. The van der Waals surface area contributed by atoms with E-state index >= 15 is 0 Å². The third kappa shape index (κ3) is 1.93. The predicted octanol–water partition coefficient (Wildman–Crippen LogP) is 2.66. The van der Waals surface area contributed by atoms with Gasteiger partial charge in [-0.05, 0) is 49.9 Å². The molecule has 0 radical (unpaired) electrons. The molecule has 0 aliphatic heterocycles. The van der Waals surface area contributed by atoms with Gasteiger partial charge in [0.05, 0.1) is 19.1 Å². The third-order valence-corrected chi connectivity index (χ3v) is 4.02. The molecule has 0 unspecified atom stereocenters. The Balaban J connectivity index is 2.37. The van der Waals surface area contributed by atoms with E-state index in [4.69, 9.17) is 4.74 Å². The largest absolute Gasteiger partial charge is 0.496 e. The van der Waals surface area contributed by atoms with Gasteiger partial charge in [-0.25, -0.2) is 0 Å². The van der Waals surface area contributed by atoms with Crippen molar-refractivity contribution in [1.82, 2.24) is 0 Å². The summed E-state index contributed by atoms with van der Waals surface area (Å²) in [6, 6.07) is 3.73. The number of benzene rings is 1. The maximum Gasteiger partial charge on any atom is 0.171 e. The lowest BCUT2D eigenvalue weighted by Gasteiger charge is -2.38. The second kappa shape index (κ2) is 4.73. The van der Waals surface area contributed by atoms with Crippen LogP contribution in [0.5, 0.6) is 5.75 Å². The Morgan fingerprint density at radius 3 is 2.22 bits per heavy atom. The highest BCUT2D eigenvalue weighted by Gasteiger charge is 2.43. The van der Waals surface area contributed by atoms with Crippen LogP contribution in [0.2, 0.25) is 0 Å². The summed E-state index contributed by atoms with van der Waals surface area (Å²) in [5, 5.41) is 9.46. The monoisotopic (exact) mass is 248 g/mol. The van der Waals surface area contributed by atoms with Crippen LogP contribution in [0.15, 0.2) is 12.1 Å². The summed E-state index contributed by atoms with van der Waals surface area (Å²) in [5.41, 5.74) is 2.11. The Hall–Kier alpha value is -1.35. The molecule has 1 aliphatic carbocycles. The lowest BCUT2D eigenvalue weighted by molar-refractivity contribution is 0.0348. The minimum absolute atomic E-state index is 0.0457. The molecule has 3 heteroatoms. The molecule has 0 aromatic heterocycles. The molecule has 1 N–H and O–H groups in total. The van der Waals surface area contributed by atoms with Crippen molar-refractivity contribution in [1.29, 1.82) is 0 Å². The zero-order valence-electron chi connectivity index (χ0n) is 11.2. The molecule has 0 atom stereocenters. The number of carbonyl (C=O) groups is 1. The molecule has 1 fully saturated rings. The molecule has 18 heavy (non-hydrogen) atoms. The van der Waals surface area contributed by atoms with Crippen LogP contribution in [-0.4, -0.2) is 24.6 Å². The Kier molecular flexibility index (Phi) is 3.44. The SMILES string of the molecule is COc1c(C)cc(C(=O)C2(CO)CCC2)cc1C. The van der Waals surface area contributed by atoms with Gasteiger partial charge in [-0.2, -0.15) is 0 Å². The maximum atomic E-state index is 12.5. The van der Waals surface area contributed by atoms with Crippen molar-refractivity contribution >= 4 is 5.78 Å². The first-order valence-corrected chi connectivity index (χ1v) is 6.35. The second-order valence-corrected chi connectivity index (χ2v) is 5.26. The van der Waals surface area contributed by atoms with E-state index in [1.54, 1.807) is 7.11 Å². The fourth-order valence-electron chi connectivity index (χ4n) is 2.77. The van der Waals surface area contributed by atoms with E-state index in [1.165, 1.54) is 0 Å². The number of Topliss-reactive ketones (excluding diaryl/α,β-unsaturated/α-hetero) is 1. The molecule has 1 aromatic carbocycles. The molecule has 0 spiro atoms. The molecule has 0 bridgehead atoms. The number of hydrogen-bond donors (Lipinski definition) is 1. The zero-order valence-corrected chi connectivity index (χ0v) is 11.2. The van der Waals surface area contributed by atoms with E-state index in [-0.39, 0.29) is 12.4 Å². The van der Waals surface area contributed by atoms with Crippen LogP contribution in [0.3, 0.4) is 0 Å². The van der Waals surface area contributed by atoms with Crippen LogP contribution in [-0.2, 0) is 0 Å². The first kappa shape index (κ1) is 13.1. The van der Waals surface area contributed by atoms with Crippen LogP contribution in [0.25, 0.3) is 0 Å². The number of rotatable bonds is 4. The minimum atomic E-state index is -0.520. The van der Waals surface area contributed by atoms with Gasteiger partial charge in [-0.3, -0.25) is 4.79 Å². The summed E-state index contributed by atoms with van der Waals surface area (Å²) < 4.78 is 5.30. The highest BCUT2D eigenvalue weighted by atomic mass is 16.5. The molecule has 2 rings (SSSR count). The molecular weight excluding hydrogens is 228 g/mol. The van der Waals surface area contributed by atoms with E-state index in [0.717, 1.165) is 36.1 Å². The topological polar surface area (TPSA) is 46.5 Å². The van der Waals surface area contributed by atoms with Gasteiger partial charge in [0.15, 0.2) is 5.78 Å². The first-order valence-electron chi connectivity index (χ1n) is 6.35. The summed E-state index contributed by atoms with van der Waals surface area (Å²) in [5.74, 6) is 0.906. The van der Waals surface area contributed by atoms with Crippen molar-refractivity contribution in [3.05, 3.63) is 28.8 Å². The van der Waals surface area contributed by atoms with Gasteiger partial charge in [0.2, 0.25) is 0 Å². The Bertz CT molecular complexity index is 444. The first-order chi connectivity index (χ1) is 8.54. The van der Waals surface area contributed by atoms with Crippen LogP contribution in [0, 0.1) is 19.3 Å². The maximum absolute atomic E-state index is 12.5. The Morgan fingerprint density at radius 1 is 1.33 bits per heavy atom. The van der Waals surface area contributed by atoms with Crippen molar-refractivity contribution in [2.45, 2.75) is 33.1 Å². The summed E-state index contributed by atoms with van der Waals surface area (Å²) in [6.45, 7) is 3.83. The molecule has 1 saturated carbocycles. The highest BCUT2D eigenvalue weighted by molar-refractivity contribution is 6.01. The van der Waals surface area contributed by atoms with E-state index in [0.29, 0.717) is 5.56 Å². The molecule has 0 heterocycles. The normalized spacial score (nSPS) is 17.1. The Morgan fingerprint density at radius 2 is 1.89 bits per heavy atom. The van der Waals surface area contributed by atoms with Crippen molar-refractivity contribution in [2.75, 3.05) is 13.7 Å². The number of ether oxygens (including phenoxy) is 1. The van der Waals surface area contributed by atoms with Gasteiger partial charge in [0, 0.05) is 5.56 Å². The lowest BCUT2D eigenvalue weighted by Crippen LogP contribution is -2.41. The molecular formula is C15H20O3. The van der Waals surface area contributed by atoms with Gasteiger partial charge >= 0.3 is 0 Å². The van der Waals surface area contributed by atoms with E-state index in [2.05, 4.69) is 0 Å². The van der Waals surface area contributed by atoms with Gasteiger partial charge in [0.1, 0.15) is 5.75 Å². The van der Waals surface area contributed by atoms with Gasteiger partial charge in [-0.1, -0.05) is 6.42 Å². The summed E-state index contributed by atoms with van der Waals surface area (Å²) in [6.07, 6.45) is 2.62. The molecule has 0 saturated heterocycles. The highest BCUT2D eigenvalue weighted by Crippen LogP contribution is 2.43. The van der Waals surface area contributed by atoms with Crippen molar-refractivity contribution < 1.29 is 14.6 Å². The summed E-state index contributed by atoms with van der Waals surface area (Å²) in [4.78, 5) is 12.5. The predicted molar refractivity (Wildman–Crippen MR) is 70.2 cm³/mol. The lowest BCUT2D eigenvalue weighted by atomic mass is 9.65. The minimum Gasteiger partial charge on any atom is -0.496 e. The fraction of sp³-hybridized carbons (Fsp3) is 0.533. The van der Waals surface area contributed by atoms with E-state index in [9.17, 15) is 9.90 Å². The standard InChI is InChI=1S/C15H20O3/c1-10-7-12(8-11(2)13(10)18-3)14(17)15(9-16)5-4-6-15/h7-8,16H,4-6,9H2,1-3H3. The number of aliphatic hydroxyl groups excluding tert-OH is 1. The molecule has 1 aromatic rings. The summed E-state index contributed by atoms with van der Waals surface area (Å²) >= 11 is 0. The fourth-order valence-corrected chi connectivity index (χ4v) is 2.77. The molecule has 3 nitrogen and oxygen atoms in total. The van der Waals surface area contributed by atoms with Crippen LogP contribution in [0.1, 0.15) is 40.7 Å². The summed E-state index contributed by atoms with van der Waals surface area (Å²) in [7, 11) is 1.64. The number of aliphatic hydroxyl groups is 1. The third-order valence-electron chi connectivity index (χ3n) is 4.02. The number of ketones is 1. The molecule has 98 valence electrons. The van der Waals surface area contributed by atoms with E-state index in [1.807, 2.05) is 26.0 Å². The molecule has 1 aliphatic rings. The second-order valence-electron chi connectivity index (χ2n) is 5.26. The smallest absolute Gasteiger partial charge is 0.171 e. The number of aryl methyl sites for hydroxylation is 2. The van der Waals surface area contributed by atoms with Gasteiger partial charge < -0.3 is 9.84 Å². The number of carbonyl (C=O) groups excluding carboxylic acids is 1. The van der Waals surface area contributed by atoms with Gasteiger partial charge in [0.25, 0.3) is 0 Å². The zero-order chi connectivity index (χ0) is 13.3. The number of hydrogen-bond acceptors (Lipinski definition) is 3. The van der Waals surface area contributed by atoms with Crippen molar-refractivity contribution in [3.63, 3.8) is 0 Å². The van der Waals surface area contributed by atoms with Crippen LogP contribution in [0.4, 0.5) is 0 Å². The van der Waals surface area contributed by atoms with E-state index < -0.39 is 5.41 Å². The Labute approximate surface area is 108 Å². The molecule has 0 amide bonds. The van der Waals surface area contributed by atoms with Crippen molar-refractivity contribution in [2.24, 2.45) is 5.41 Å².